The molecule has 1 atom stereocenters. The Hall–Kier alpha value is -2.27. The summed E-state index contributed by atoms with van der Waals surface area (Å²) in [5.74, 6) is 0.568. The zero-order valence-corrected chi connectivity index (χ0v) is 14.9. The van der Waals surface area contributed by atoms with Crippen molar-refractivity contribution in [2.45, 2.75) is 19.4 Å². The van der Waals surface area contributed by atoms with E-state index in [1.165, 1.54) is 0 Å². The molecule has 1 aliphatic heterocycles. The predicted molar refractivity (Wildman–Crippen MR) is 95.3 cm³/mol. The number of likely N-dealkylation sites (tertiary alicyclic amines) is 1. The van der Waals surface area contributed by atoms with Gasteiger partial charge in [-0.25, -0.2) is 0 Å². The molecule has 1 aromatic carbocycles. The number of rotatable bonds is 4. The summed E-state index contributed by atoms with van der Waals surface area (Å²) < 4.78 is 5.30. The van der Waals surface area contributed by atoms with Gasteiger partial charge in [0.15, 0.2) is 0 Å². The van der Waals surface area contributed by atoms with Crippen molar-refractivity contribution < 1.29 is 14.0 Å². The molecule has 0 radical (unpaired) electrons. The highest BCUT2D eigenvalue weighted by molar-refractivity contribution is 6.30. The van der Waals surface area contributed by atoms with Crippen LogP contribution >= 0.6 is 11.6 Å². The molecule has 5 nitrogen and oxygen atoms in total. The first-order valence-corrected chi connectivity index (χ1v) is 8.74. The van der Waals surface area contributed by atoms with Crippen LogP contribution in [-0.2, 0) is 11.3 Å². The number of hydrogen-bond acceptors (Lipinski definition) is 3. The van der Waals surface area contributed by atoms with Gasteiger partial charge in [0.25, 0.3) is 5.91 Å². The van der Waals surface area contributed by atoms with Crippen LogP contribution in [0.3, 0.4) is 0 Å². The highest BCUT2D eigenvalue weighted by Crippen LogP contribution is 2.22. The smallest absolute Gasteiger partial charge is 0.253 e. The molecule has 0 unspecified atom stereocenters. The molecular formula is C19H21ClN2O3. The summed E-state index contributed by atoms with van der Waals surface area (Å²) in [6, 6.07) is 10.5. The van der Waals surface area contributed by atoms with Crippen molar-refractivity contribution in [1.29, 1.82) is 0 Å². The van der Waals surface area contributed by atoms with Crippen molar-refractivity contribution in [2.75, 3.05) is 20.1 Å². The van der Waals surface area contributed by atoms with E-state index in [0.717, 1.165) is 18.6 Å². The number of carbonyl (C=O) groups excluding carboxylic acids is 2. The summed E-state index contributed by atoms with van der Waals surface area (Å²) >= 11 is 5.88. The Balaban J connectivity index is 1.63. The normalized spacial score (nSPS) is 17.4. The number of benzene rings is 1. The molecule has 132 valence electrons. The van der Waals surface area contributed by atoms with Gasteiger partial charge in [-0.2, -0.15) is 0 Å². The van der Waals surface area contributed by atoms with Crippen LogP contribution < -0.4 is 0 Å². The molecule has 6 heteroatoms. The van der Waals surface area contributed by atoms with E-state index in [4.69, 9.17) is 16.0 Å². The molecule has 3 rings (SSSR count). The highest BCUT2D eigenvalue weighted by atomic mass is 35.5. The summed E-state index contributed by atoms with van der Waals surface area (Å²) in [6.45, 7) is 1.56. The topological polar surface area (TPSA) is 53.8 Å². The molecule has 2 aromatic rings. The fraction of sp³-hybridized carbons (Fsp3) is 0.368. The Morgan fingerprint density at radius 1 is 1.28 bits per heavy atom. The highest BCUT2D eigenvalue weighted by Gasteiger charge is 2.30. The van der Waals surface area contributed by atoms with Gasteiger partial charge < -0.3 is 14.2 Å². The van der Waals surface area contributed by atoms with Crippen molar-refractivity contribution >= 4 is 23.4 Å². The van der Waals surface area contributed by atoms with E-state index < -0.39 is 0 Å². The van der Waals surface area contributed by atoms with Crippen molar-refractivity contribution in [2.24, 2.45) is 5.92 Å². The van der Waals surface area contributed by atoms with Crippen molar-refractivity contribution in [3.05, 3.63) is 59.0 Å². The predicted octanol–water partition coefficient (Wildman–Crippen LogP) is 3.44. The third-order valence-electron chi connectivity index (χ3n) is 4.50. The molecule has 0 saturated carbocycles. The number of hydrogen-bond donors (Lipinski definition) is 0. The lowest BCUT2D eigenvalue weighted by Crippen LogP contribution is -2.45. The average Bonchev–Trinajstić information content (AvgIpc) is 3.14. The largest absolute Gasteiger partial charge is 0.467 e. The van der Waals surface area contributed by atoms with Gasteiger partial charge in [0.05, 0.1) is 18.7 Å². The van der Waals surface area contributed by atoms with Gasteiger partial charge in [-0.1, -0.05) is 11.6 Å². The van der Waals surface area contributed by atoms with E-state index >= 15 is 0 Å². The van der Waals surface area contributed by atoms with E-state index in [1.807, 2.05) is 6.07 Å². The molecule has 2 heterocycles. The summed E-state index contributed by atoms with van der Waals surface area (Å²) in [6.07, 6.45) is 3.22. The second-order valence-corrected chi connectivity index (χ2v) is 6.81. The summed E-state index contributed by atoms with van der Waals surface area (Å²) in [4.78, 5) is 28.8. The Morgan fingerprint density at radius 2 is 2.04 bits per heavy atom. The molecule has 2 amide bonds. The second-order valence-electron chi connectivity index (χ2n) is 6.37. The Kier molecular flexibility index (Phi) is 5.43. The third-order valence-corrected chi connectivity index (χ3v) is 4.75. The van der Waals surface area contributed by atoms with Crippen LogP contribution in [0.25, 0.3) is 0 Å². The maximum atomic E-state index is 12.7. The zero-order chi connectivity index (χ0) is 17.8. The van der Waals surface area contributed by atoms with E-state index in [1.54, 1.807) is 53.4 Å². The van der Waals surface area contributed by atoms with Crippen LogP contribution in [0, 0.1) is 5.92 Å². The first-order valence-electron chi connectivity index (χ1n) is 8.37. The van der Waals surface area contributed by atoms with Gasteiger partial charge >= 0.3 is 0 Å². The number of piperidine rings is 1. The minimum Gasteiger partial charge on any atom is -0.467 e. The van der Waals surface area contributed by atoms with Crippen LogP contribution in [-0.4, -0.2) is 41.8 Å². The number of carbonyl (C=O) groups is 2. The quantitative estimate of drug-likeness (QED) is 0.839. The van der Waals surface area contributed by atoms with Gasteiger partial charge in [0, 0.05) is 30.7 Å². The summed E-state index contributed by atoms with van der Waals surface area (Å²) in [5.41, 5.74) is 0.599. The number of amides is 2. The number of nitrogens with zero attached hydrogens (tertiary/aromatic N) is 2. The van der Waals surface area contributed by atoms with Crippen molar-refractivity contribution in [3.8, 4) is 0 Å². The molecular weight excluding hydrogens is 340 g/mol. The molecule has 0 N–H and O–H groups in total. The van der Waals surface area contributed by atoms with Crippen LogP contribution in [0.1, 0.15) is 29.0 Å². The summed E-state index contributed by atoms with van der Waals surface area (Å²) in [7, 11) is 1.77. The SMILES string of the molecule is CN(Cc1ccco1)C(=O)[C@H]1CCCN(C(=O)c2ccc(Cl)cc2)C1. The number of furan rings is 1. The Bertz CT molecular complexity index is 728. The van der Waals surface area contributed by atoms with Crippen LogP contribution in [0.5, 0.6) is 0 Å². The summed E-state index contributed by atoms with van der Waals surface area (Å²) in [5, 5.41) is 0.600. The molecule has 1 fully saturated rings. The fourth-order valence-electron chi connectivity index (χ4n) is 3.16. The van der Waals surface area contributed by atoms with Crippen molar-refractivity contribution in [3.63, 3.8) is 0 Å². The monoisotopic (exact) mass is 360 g/mol. The lowest BCUT2D eigenvalue weighted by atomic mass is 9.96. The number of halogens is 1. The molecule has 1 aliphatic rings. The van der Waals surface area contributed by atoms with Crippen molar-refractivity contribution in [1.82, 2.24) is 9.80 Å². The third kappa shape index (κ3) is 4.23. The van der Waals surface area contributed by atoms with E-state index in [-0.39, 0.29) is 17.7 Å². The molecule has 1 saturated heterocycles. The maximum Gasteiger partial charge on any atom is 0.253 e. The zero-order valence-electron chi connectivity index (χ0n) is 14.2. The first-order chi connectivity index (χ1) is 12.0. The molecule has 25 heavy (non-hydrogen) atoms. The first kappa shape index (κ1) is 17.5. The van der Waals surface area contributed by atoms with Gasteiger partial charge in [0.1, 0.15) is 5.76 Å². The molecule has 1 aromatic heterocycles. The lowest BCUT2D eigenvalue weighted by molar-refractivity contribution is -0.136. The Labute approximate surface area is 152 Å². The standard InChI is InChI=1S/C19H21ClN2O3/c1-21(13-17-5-3-11-25-17)18(23)15-4-2-10-22(12-15)19(24)14-6-8-16(20)9-7-14/h3,5-9,11,15H,2,4,10,12-13H2,1H3/t15-/m0/s1. The van der Waals surface area contributed by atoms with Gasteiger partial charge in [-0.05, 0) is 49.2 Å². The van der Waals surface area contributed by atoms with E-state index in [2.05, 4.69) is 0 Å². The van der Waals surface area contributed by atoms with Crippen LogP contribution in [0.15, 0.2) is 47.1 Å². The fourth-order valence-corrected chi connectivity index (χ4v) is 3.29. The minimum absolute atomic E-state index is 0.0463. The van der Waals surface area contributed by atoms with E-state index in [0.29, 0.717) is 30.2 Å². The van der Waals surface area contributed by atoms with Gasteiger partial charge in [-0.3, -0.25) is 9.59 Å². The maximum absolute atomic E-state index is 12.7. The minimum atomic E-state index is -0.176. The van der Waals surface area contributed by atoms with Crippen LogP contribution in [0.2, 0.25) is 5.02 Å². The molecule has 0 bridgehead atoms. The van der Waals surface area contributed by atoms with Crippen LogP contribution in [0.4, 0.5) is 0 Å². The molecule has 0 spiro atoms. The Morgan fingerprint density at radius 3 is 2.72 bits per heavy atom. The van der Waals surface area contributed by atoms with Gasteiger partial charge in [0.2, 0.25) is 5.91 Å². The average molecular weight is 361 g/mol. The van der Waals surface area contributed by atoms with E-state index in [9.17, 15) is 9.59 Å². The lowest BCUT2D eigenvalue weighted by Gasteiger charge is -2.34. The molecule has 0 aliphatic carbocycles. The second kappa shape index (κ2) is 7.74. The van der Waals surface area contributed by atoms with Gasteiger partial charge in [-0.15, -0.1) is 0 Å².